The van der Waals surface area contributed by atoms with E-state index in [1.54, 1.807) is 6.26 Å². The van der Waals surface area contributed by atoms with Crippen molar-refractivity contribution in [2.24, 2.45) is 7.05 Å². The first-order valence-corrected chi connectivity index (χ1v) is 9.77. The number of aliphatic carboxylic acids is 1. The summed E-state index contributed by atoms with van der Waals surface area (Å²) in [6, 6.07) is 7.97. The van der Waals surface area contributed by atoms with Crippen LogP contribution in [-0.4, -0.2) is 64.0 Å². The molecule has 4 rings (SSSR count). The number of nitrogens with one attached hydrogen (secondary N) is 1. The van der Waals surface area contributed by atoms with Gasteiger partial charge in [-0.1, -0.05) is 0 Å². The largest absolute Gasteiger partial charge is 0.490 e. The molecular formula is C20H24F3N3O5. The first-order chi connectivity index (χ1) is 14.7. The number of halogens is 3. The summed E-state index contributed by atoms with van der Waals surface area (Å²) >= 11 is 0. The Balaban J connectivity index is 0.000000339. The summed E-state index contributed by atoms with van der Waals surface area (Å²) in [6.45, 7) is 2.31. The number of carbonyl (C=O) groups excluding carboxylic acids is 1. The van der Waals surface area contributed by atoms with Crippen molar-refractivity contribution in [2.45, 2.75) is 43.8 Å². The molecule has 2 saturated heterocycles. The molecule has 0 bridgehead atoms. The van der Waals surface area contributed by atoms with Crippen LogP contribution in [-0.2, 0) is 23.1 Å². The lowest BCUT2D eigenvalue weighted by Crippen LogP contribution is -2.47. The van der Waals surface area contributed by atoms with Crippen molar-refractivity contribution in [3.63, 3.8) is 0 Å². The second kappa shape index (κ2) is 9.56. The Hall–Kier alpha value is -2.79. The van der Waals surface area contributed by atoms with Crippen LogP contribution in [0, 0.1) is 0 Å². The average Bonchev–Trinajstić information content (AvgIpc) is 3.44. The zero-order chi connectivity index (χ0) is 22.6. The van der Waals surface area contributed by atoms with Gasteiger partial charge in [0.05, 0.1) is 25.0 Å². The van der Waals surface area contributed by atoms with E-state index < -0.39 is 12.1 Å². The summed E-state index contributed by atoms with van der Waals surface area (Å²) in [4.78, 5) is 23.8. The minimum absolute atomic E-state index is 0.00709. The summed E-state index contributed by atoms with van der Waals surface area (Å²) in [5, 5.41) is 10.3. The number of carbonyl (C=O) groups is 2. The third-order valence-corrected chi connectivity index (χ3v) is 5.30. The van der Waals surface area contributed by atoms with Crippen LogP contribution in [0.15, 0.2) is 41.1 Å². The Morgan fingerprint density at radius 3 is 2.61 bits per heavy atom. The van der Waals surface area contributed by atoms with Crippen LogP contribution in [0.4, 0.5) is 13.2 Å². The molecule has 0 unspecified atom stereocenters. The lowest BCUT2D eigenvalue weighted by molar-refractivity contribution is -0.192. The van der Waals surface area contributed by atoms with Gasteiger partial charge in [-0.3, -0.25) is 9.69 Å². The first-order valence-electron chi connectivity index (χ1n) is 9.77. The number of aromatic nitrogens is 1. The Bertz CT molecular complexity index is 881. The molecule has 11 heteroatoms. The highest BCUT2D eigenvalue weighted by molar-refractivity contribution is 5.93. The molecule has 2 aromatic rings. The monoisotopic (exact) mass is 443 g/mol. The maximum atomic E-state index is 12.6. The number of fused-ring (bicyclic) bond motifs is 1. The Kier molecular flexibility index (Phi) is 7.06. The highest BCUT2D eigenvalue weighted by Gasteiger charge is 2.44. The second-order valence-electron chi connectivity index (χ2n) is 7.44. The molecule has 1 amide bonds. The van der Waals surface area contributed by atoms with Crippen LogP contribution in [0.1, 0.15) is 29.1 Å². The molecule has 170 valence electrons. The van der Waals surface area contributed by atoms with E-state index in [1.807, 2.05) is 42.1 Å². The predicted octanol–water partition coefficient (Wildman–Crippen LogP) is 2.41. The van der Waals surface area contributed by atoms with Gasteiger partial charge in [-0.2, -0.15) is 13.2 Å². The van der Waals surface area contributed by atoms with Crippen LogP contribution in [0.3, 0.4) is 0 Å². The van der Waals surface area contributed by atoms with E-state index >= 15 is 0 Å². The Labute approximate surface area is 176 Å². The average molecular weight is 443 g/mol. The number of nitrogens with zero attached hydrogens (tertiary/aromatic N) is 2. The maximum Gasteiger partial charge on any atom is 0.490 e. The van der Waals surface area contributed by atoms with Gasteiger partial charge in [0.15, 0.2) is 0 Å². The third kappa shape index (κ3) is 5.67. The van der Waals surface area contributed by atoms with Crippen LogP contribution < -0.4 is 5.32 Å². The van der Waals surface area contributed by atoms with Crippen molar-refractivity contribution < 1.29 is 37.0 Å². The van der Waals surface area contributed by atoms with Crippen LogP contribution in [0.5, 0.6) is 0 Å². The molecule has 31 heavy (non-hydrogen) atoms. The number of alkyl halides is 3. The third-order valence-electron chi connectivity index (χ3n) is 5.30. The molecule has 4 heterocycles. The number of hydrogen-bond donors (Lipinski definition) is 2. The number of carboxylic acids is 1. The summed E-state index contributed by atoms with van der Waals surface area (Å²) < 4.78 is 45.1. The SMILES string of the molecule is Cn1cccc1C(=O)N[C@H]1CN(Cc2ccco2)[C@@H]2CCCO[C@H]12.O=C(O)C(F)(F)F. The van der Waals surface area contributed by atoms with Gasteiger partial charge < -0.3 is 24.1 Å². The smallest absolute Gasteiger partial charge is 0.475 e. The van der Waals surface area contributed by atoms with E-state index in [9.17, 15) is 18.0 Å². The minimum Gasteiger partial charge on any atom is -0.475 e. The fourth-order valence-electron chi connectivity index (χ4n) is 3.91. The summed E-state index contributed by atoms with van der Waals surface area (Å²) in [5.74, 6) is -1.85. The zero-order valence-corrected chi connectivity index (χ0v) is 16.8. The van der Waals surface area contributed by atoms with Crippen molar-refractivity contribution in [2.75, 3.05) is 13.2 Å². The molecule has 0 spiro atoms. The molecule has 0 aliphatic carbocycles. The highest BCUT2D eigenvalue weighted by atomic mass is 19.4. The number of amides is 1. The molecule has 2 aliphatic rings. The van der Waals surface area contributed by atoms with E-state index in [2.05, 4.69) is 10.2 Å². The fraction of sp³-hybridized carbons (Fsp3) is 0.500. The topological polar surface area (TPSA) is 96.9 Å². The number of rotatable bonds is 4. The van der Waals surface area contributed by atoms with E-state index in [0.717, 1.165) is 38.3 Å². The van der Waals surface area contributed by atoms with E-state index in [0.29, 0.717) is 11.7 Å². The van der Waals surface area contributed by atoms with Gasteiger partial charge in [0.1, 0.15) is 11.5 Å². The molecule has 0 saturated carbocycles. The van der Waals surface area contributed by atoms with Gasteiger partial charge in [0, 0.05) is 32.4 Å². The number of furan rings is 1. The molecule has 0 aromatic carbocycles. The number of aryl methyl sites for hydroxylation is 1. The molecule has 3 atom stereocenters. The normalized spacial score (nSPS) is 23.5. The standard InChI is InChI=1S/C18H23N3O3.C2HF3O2/c1-20-8-2-6-16(20)18(22)19-14-12-21(11-13-5-3-9-23-13)15-7-4-10-24-17(14)15;3-2(4,5)1(6)7/h2-3,5-6,8-9,14-15,17H,4,7,10-12H2,1H3,(H,19,22);(H,6,7)/t14-,15+,17+;/m0./s1. The van der Waals surface area contributed by atoms with Crippen molar-refractivity contribution in [3.05, 3.63) is 48.2 Å². The van der Waals surface area contributed by atoms with Crippen molar-refractivity contribution >= 4 is 11.9 Å². The lowest BCUT2D eigenvalue weighted by Gasteiger charge is -2.32. The lowest BCUT2D eigenvalue weighted by atomic mass is 10.0. The van der Waals surface area contributed by atoms with Gasteiger partial charge in [0.2, 0.25) is 0 Å². The van der Waals surface area contributed by atoms with E-state index in [4.69, 9.17) is 19.1 Å². The maximum absolute atomic E-state index is 12.6. The molecule has 2 aliphatic heterocycles. The molecule has 8 nitrogen and oxygen atoms in total. The molecule has 2 fully saturated rings. The highest BCUT2D eigenvalue weighted by Crippen LogP contribution is 2.30. The predicted molar refractivity (Wildman–Crippen MR) is 102 cm³/mol. The van der Waals surface area contributed by atoms with Gasteiger partial charge in [-0.05, 0) is 37.1 Å². The van der Waals surface area contributed by atoms with Gasteiger partial charge >= 0.3 is 12.1 Å². The Morgan fingerprint density at radius 1 is 1.29 bits per heavy atom. The summed E-state index contributed by atoms with van der Waals surface area (Å²) in [5.41, 5.74) is 0.673. The second-order valence-corrected chi connectivity index (χ2v) is 7.44. The van der Waals surface area contributed by atoms with Crippen molar-refractivity contribution in [3.8, 4) is 0 Å². The molecule has 2 aromatic heterocycles. The summed E-state index contributed by atoms with van der Waals surface area (Å²) in [6.07, 6.45) is 0.718. The quantitative estimate of drug-likeness (QED) is 0.754. The number of ether oxygens (including phenoxy) is 1. The summed E-state index contributed by atoms with van der Waals surface area (Å²) in [7, 11) is 1.88. The van der Waals surface area contributed by atoms with Crippen molar-refractivity contribution in [1.29, 1.82) is 0 Å². The first kappa shape index (κ1) is 22.9. The van der Waals surface area contributed by atoms with Gasteiger partial charge in [-0.15, -0.1) is 0 Å². The molecular weight excluding hydrogens is 419 g/mol. The zero-order valence-electron chi connectivity index (χ0n) is 16.8. The van der Waals surface area contributed by atoms with Gasteiger partial charge in [-0.25, -0.2) is 4.79 Å². The minimum atomic E-state index is -5.08. The van der Waals surface area contributed by atoms with Crippen molar-refractivity contribution in [1.82, 2.24) is 14.8 Å². The fourth-order valence-corrected chi connectivity index (χ4v) is 3.91. The van der Waals surface area contributed by atoms with E-state index in [-0.39, 0.29) is 18.1 Å². The molecule has 2 N–H and O–H groups in total. The number of carboxylic acid groups (broad SMARTS) is 1. The van der Waals surface area contributed by atoms with Gasteiger partial charge in [0.25, 0.3) is 5.91 Å². The van der Waals surface area contributed by atoms with Crippen LogP contribution in [0.2, 0.25) is 0 Å². The van der Waals surface area contributed by atoms with Crippen LogP contribution >= 0.6 is 0 Å². The van der Waals surface area contributed by atoms with E-state index in [1.165, 1.54) is 0 Å². The number of likely N-dealkylation sites (tertiary alicyclic amines) is 1. The Morgan fingerprint density at radius 2 is 2.03 bits per heavy atom. The number of hydrogen-bond acceptors (Lipinski definition) is 5. The van der Waals surface area contributed by atoms with Crippen LogP contribution in [0.25, 0.3) is 0 Å². The molecule has 0 radical (unpaired) electrons.